The minimum absolute atomic E-state index is 0.0285. The molecule has 3 rings (SSSR count). The number of hydrogen-bond acceptors (Lipinski definition) is 4. The second-order valence-corrected chi connectivity index (χ2v) is 7.72. The molecule has 0 unspecified atom stereocenters. The van der Waals surface area contributed by atoms with E-state index in [1.165, 1.54) is 5.56 Å². The number of hydrogen-bond donors (Lipinski definition) is 1. The highest BCUT2D eigenvalue weighted by atomic mass is 16.7. The highest BCUT2D eigenvalue weighted by Crippen LogP contribution is 2.39. The molecule has 1 saturated heterocycles. The van der Waals surface area contributed by atoms with Gasteiger partial charge in [-0.2, -0.15) is 5.10 Å². The molecule has 0 aromatic carbocycles. The molecule has 140 valence electrons. The third-order valence-corrected chi connectivity index (χ3v) is 5.74. The quantitative estimate of drug-likeness (QED) is 0.886. The van der Waals surface area contributed by atoms with Crippen LogP contribution in [0.25, 0.3) is 0 Å². The number of nitrogens with zero attached hydrogens (tertiary/aromatic N) is 2. The maximum atomic E-state index is 12.2. The molecule has 0 bridgehead atoms. The summed E-state index contributed by atoms with van der Waals surface area (Å²) in [7, 11) is 1.94. The summed E-state index contributed by atoms with van der Waals surface area (Å²) in [5, 5.41) is 7.40. The second-order valence-electron chi connectivity index (χ2n) is 7.72. The minimum atomic E-state index is -0.383. The zero-order valence-corrected chi connectivity index (χ0v) is 15.9. The lowest BCUT2D eigenvalue weighted by Crippen LogP contribution is -2.38. The van der Waals surface area contributed by atoms with Crippen LogP contribution in [-0.4, -0.2) is 40.7 Å². The van der Waals surface area contributed by atoms with Gasteiger partial charge >= 0.3 is 0 Å². The van der Waals surface area contributed by atoms with Crippen LogP contribution in [0.2, 0.25) is 0 Å². The molecule has 0 radical (unpaired) electrons. The Kier molecular flexibility index (Phi) is 5.49. The Morgan fingerprint density at radius 2 is 2.08 bits per heavy atom. The van der Waals surface area contributed by atoms with Gasteiger partial charge in [-0.25, -0.2) is 0 Å². The summed E-state index contributed by atoms with van der Waals surface area (Å²) in [6.07, 6.45) is 5.42. The lowest BCUT2D eigenvalue weighted by atomic mass is 9.86. The van der Waals surface area contributed by atoms with Crippen molar-refractivity contribution in [1.82, 2.24) is 15.1 Å². The number of amides is 1. The summed E-state index contributed by atoms with van der Waals surface area (Å²) < 4.78 is 14.0. The average molecular weight is 349 g/mol. The van der Waals surface area contributed by atoms with Crippen LogP contribution >= 0.6 is 0 Å². The maximum absolute atomic E-state index is 12.2. The monoisotopic (exact) mass is 349 g/mol. The van der Waals surface area contributed by atoms with Crippen molar-refractivity contribution in [2.75, 3.05) is 13.2 Å². The first-order valence-electron chi connectivity index (χ1n) is 9.46. The lowest BCUT2D eigenvalue weighted by Gasteiger charge is -2.34. The highest BCUT2D eigenvalue weighted by Gasteiger charge is 2.43. The van der Waals surface area contributed by atoms with E-state index < -0.39 is 0 Å². The molecular weight excluding hydrogens is 318 g/mol. The summed E-state index contributed by atoms with van der Waals surface area (Å²) in [6, 6.07) is 0. The van der Waals surface area contributed by atoms with Crippen LogP contribution in [0, 0.1) is 19.8 Å². The van der Waals surface area contributed by atoms with Crippen LogP contribution in [0.1, 0.15) is 56.0 Å². The molecule has 1 spiro atoms. The normalized spacial score (nSPS) is 29.3. The molecule has 2 fully saturated rings. The van der Waals surface area contributed by atoms with Crippen LogP contribution in [0.4, 0.5) is 0 Å². The fourth-order valence-electron chi connectivity index (χ4n) is 3.92. The Morgan fingerprint density at radius 3 is 2.72 bits per heavy atom. The van der Waals surface area contributed by atoms with Crippen molar-refractivity contribution in [2.45, 2.75) is 71.2 Å². The van der Waals surface area contributed by atoms with E-state index in [9.17, 15) is 4.79 Å². The molecule has 1 amide bonds. The van der Waals surface area contributed by atoms with Gasteiger partial charge in [0.05, 0.1) is 12.3 Å². The lowest BCUT2D eigenvalue weighted by molar-refractivity contribution is -0.191. The van der Waals surface area contributed by atoms with E-state index in [-0.39, 0.29) is 17.8 Å². The maximum Gasteiger partial charge on any atom is 0.220 e. The fraction of sp³-hybridized carbons (Fsp3) is 0.789. The average Bonchev–Trinajstić information content (AvgIpc) is 3.09. The summed E-state index contributed by atoms with van der Waals surface area (Å²) >= 11 is 0. The van der Waals surface area contributed by atoms with E-state index in [4.69, 9.17) is 9.47 Å². The van der Waals surface area contributed by atoms with Gasteiger partial charge in [-0.05, 0) is 44.6 Å². The first-order valence-corrected chi connectivity index (χ1v) is 9.46. The number of aromatic nitrogens is 2. The van der Waals surface area contributed by atoms with Crippen LogP contribution in [-0.2, 0) is 27.7 Å². The first-order chi connectivity index (χ1) is 11.9. The number of rotatable bonds is 5. The molecular formula is C19H31N3O3. The Labute approximate surface area is 150 Å². The molecule has 6 heteroatoms. The molecule has 1 aliphatic carbocycles. The van der Waals surface area contributed by atoms with E-state index >= 15 is 0 Å². The summed E-state index contributed by atoms with van der Waals surface area (Å²) in [5.41, 5.74) is 3.31. The van der Waals surface area contributed by atoms with E-state index in [2.05, 4.69) is 17.3 Å². The van der Waals surface area contributed by atoms with Crippen LogP contribution in [0.5, 0.6) is 0 Å². The Bertz CT molecular complexity index is 618. The van der Waals surface area contributed by atoms with Gasteiger partial charge in [0.25, 0.3) is 0 Å². The van der Waals surface area contributed by atoms with Crippen LogP contribution in [0.3, 0.4) is 0 Å². The molecule has 1 saturated carbocycles. The van der Waals surface area contributed by atoms with Crippen molar-refractivity contribution in [1.29, 1.82) is 0 Å². The molecule has 1 aliphatic heterocycles. The number of nitrogens with one attached hydrogen (secondary N) is 1. The molecule has 2 heterocycles. The number of carbonyl (C=O) groups excluding carboxylic acids is 1. The van der Waals surface area contributed by atoms with Gasteiger partial charge in [0.2, 0.25) is 5.91 Å². The molecule has 1 aromatic heterocycles. The van der Waals surface area contributed by atoms with Crippen LogP contribution < -0.4 is 5.32 Å². The van der Waals surface area contributed by atoms with Crippen molar-refractivity contribution >= 4 is 5.91 Å². The van der Waals surface area contributed by atoms with Gasteiger partial charge in [0, 0.05) is 38.5 Å². The third kappa shape index (κ3) is 4.23. The molecule has 1 aromatic rings. The first kappa shape index (κ1) is 18.4. The smallest absolute Gasteiger partial charge is 0.220 e. The summed E-state index contributed by atoms with van der Waals surface area (Å²) in [4.78, 5) is 12.2. The number of carbonyl (C=O) groups is 1. The largest absolute Gasteiger partial charge is 0.353 e. The van der Waals surface area contributed by atoms with Crippen molar-refractivity contribution in [3.05, 3.63) is 17.0 Å². The molecule has 25 heavy (non-hydrogen) atoms. The molecule has 1 N–H and O–H groups in total. The van der Waals surface area contributed by atoms with Crippen molar-refractivity contribution in [3.8, 4) is 0 Å². The standard InChI is InChI=1S/C19H31N3O3/c1-13-7-9-19(10-8-13)24-12-16(25-19)11-20-18(23)6-5-17-14(2)21-22(4)15(17)3/h13,16H,5-12H2,1-4H3,(H,20,23)/t13?,16-,19?/m0/s1. The van der Waals surface area contributed by atoms with Gasteiger partial charge < -0.3 is 14.8 Å². The Morgan fingerprint density at radius 1 is 1.36 bits per heavy atom. The van der Waals surface area contributed by atoms with E-state index in [1.807, 2.05) is 25.6 Å². The number of aryl methyl sites for hydroxylation is 2. The van der Waals surface area contributed by atoms with Crippen molar-refractivity contribution < 1.29 is 14.3 Å². The van der Waals surface area contributed by atoms with E-state index in [1.54, 1.807) is 0 Å². The van der Waals surface area contributed by atoms with Gasteiger partial charge in [0.15, 0.2) is 5.79 Å². The van der Waals surface area contributed by atoms with Crippen molar-refractivity contribution in [3.63, 3.8) is 0 Å². The van der Waals surface area contributed by atoms with Gasteiger partial charge in [-0.15, -0.1) is 0 Å². The molecule has 2 aliphatic rings. The van der Waals surface area contributed by atoms with Gasteiger partial charge in [-0.1, -0.05) is 6.92 Å². The topological polar surface area (TPSA) is 65.4 Å². The predicted molar refractivity (Wildman–Crippen MR) is 95.2 cm³/mol. The molecule has 6 nitrogen and oxygen atoms in total. The Hall–Kier alpha value is -1.40. The van der Waals surface area contributed by atoms with Gasteiger partial charge in [-0.3, -0.25) is 9.48 Å². The van der Waals surface area contributed by atoms with Gasteiger partial charge in [0.1, 0.15) is 6.10 Å². The fourth-order valence-corrected chi connectivity index (χ4v) is 3.92. The SMILES string of the molecule is Cc1nn(C)c(C)c1CCC(=O)NC[C@H]1COC2(CCC(C)CC2)O1. The predicted octanol–water partition coefficient (Wildman–Crippen LogP) is 2.41. The number of ether oxygens (including phenoxy) is 2. The summed E-state index contributed by atoms with van der Waals surface area (Å²) in [6.45, 7) is 7.43. The minimum Gasteiger partial charge on any atom is -0.353 e. The van der Waals surface area contributed by atoms with E-state index in [0.717, 1.165) is 49.4 Å². The highest BCUT2D eigenvalue weighted by molar-refractivity contribution is 5.76. The summed E-state index contributed by atoms with van der Waals surface area (Å²) in [5.74, 6) is 0.437. The second kappa shape index (κ2) is 7.46. The van der Waals surface area contributed by atoms with E-state index in [0.29, 0.717) is 19.6 Å². The Balaban J connectivity index is 1.41. The third-order valence-electron chi connectivity index (χ3n) is 5.74. The zero-order chi connectivity index (χ0) is 18.0. The van der Waals surface area contributed by atoms with Crippen molar-refractivity contribution in [2.24, 2.45) is 13.0 Å². The van der Waals surface area contributed by atoms with Crippen LogP contribution in [0.15, 0.2) is 0 Å². The zero-order valence-electron chi connectivity index (χ0n) is 15.9. The molecule has 1 atom stereocenters.